The van der Waals surface area contributed by atoms with Crippen molar-refractivity contribution in [2.75, 3.05) is 33.9 Å². The quantitative estimate of drug-likeness (QED) is 0.469. The van der Waals surface area contributed by atoms with Crippen molar-refractivity contribution in [3.63, 3.8) is 0 Å². The molecule has 0 aromatic heterocycles. The van der Waals surface area contributed by atoms with Crippen LogP contribution in [0, 0.1) is 0 Å². The third-order valence-electron chi connectivity index (χ3n) is 6.36. The minimum absolute atomic E-state index is 0.117. The normalized spacial score (nSPS) is 20.9. The van der Waals surface area contributed by atoms with Crippen LogP contribution in [0.5, 0.6) is 5.75 Å². The summed E-state index contributed by atoms with van der Waals surface area (Å²) in [5, 5.41) is 8.06. The van der Waals surface area contributed by atoms with Crippen LogP contribution in [-0.2, 0) is 25.5 Å². The van der Waals surface area contributed by atoms with Crippen LogP contribution < -0.4 is 20.7 Å². The topological polar surface area (TPSA) is 126 Å². The molecule has 4 amide bonds. The van der Waals surface area contributed by atoms with E-state index in [4.69, 9.17) is 9.47 Å². The number of ether oxygens (including phenoxy) is 2. The Morgan fingerprint density at radius 1 is 1.08 bits per heavy atom. The van der Waals surface area contributed by atoms with Gasteiger partial charge in [-0.3, -0.25) is 19.2 Å². The molecule has 1 heterocycles. The number of amides is 4. The standard InChI is InChI=1S/C28H36N4O6/c1-19-28(36)32(2)21(16-20-10-5-4-6-11-20)18-38-24-13-8-7-12-22(24)26(34)31-23(17-25(33)30-19)27(35)29-14-9-15-37-3/h4-8,10-13,19,21,23H,9,14-18H2,1-3H3,(H,29,35)(H,30,33)(H,31,34)/t19-,21-,23-/m0/s1. The van der Waals surface area contributed by atoms with E-state index in [-0.39, 0.29) is 30.5 Å². The Hall–Kier alpha value is -3.92. The summed E-state index contributed by atoms with van der Waals surface area (Å²) in [5.74, 6) is -1.55. The van der Waals surface area contributed by atoms with E-state index in [1.54, 1.807) is 50.2 Å². The monoisotopic (exact) mass is 524 g/mol. The van der Waals surface area contributed by atoms with Gasteiger partial charge in [-0.1, -0.05) is 42.5 Å². The summed E-state index contributed by atoms with van der Waals surface area (Å²) >= 11 is 0. The average Bonchev–Trinajstić information content (AvgIpc) is 2.92. The number of para-hydroxylation sites is 1. The highest BCUT2D eigenvalue weighted by Crippen LogP contribution is 2.20. The van der Waals surface area contributed by atoms with Crippen LogP contribution in [0.15, 0.2) is 54.6 Å². The van der Waals surface area contributed by atoms with Crippen LogP contribution in [0.4, 0.5) is 0 Å². The van der Waals surface area contributed by atoms with Gasteiger partial charge in [0.05, 0.1) is 18.0 Å². The minimum Gasteiger partial charge on any atom is -0.491 e. The van der Waals surface area contributed by atoms with E-state index >= 15 is 0 Å². The highest BCUT2D eigenvalue weighted by Gasteiger charge is 2.30. The molecule has 3 atom stereocenters. The summed E-state index contributed by atoms with van der Waals surface area (Å²) in [6, 6.07) is 14.0. The number of carbonyl (C=O) groups is 4. The lowest BCUT2D eigenvalue weighted by molar-refractivity contribution is -0.137. The molecule has 0 saturated heterocycles. The summed E-state index contributed by atoms with van der Waals surface area (Å²) in [6.45, 7) is 2.49. The SMILES string of the molecule is COCCCNC(=O)[C@@H]1CC(=O)N[C@@H](C)C(=O)N(C)[C@@H](Cc2ccccc2)COc2ccccc2C(=O)N1. The molecular weight excluding hydrogens is 488 g/mol. The van der Waals surface area contributed by atoms with E-state index < -0.39 is 29.8 Å². The Morgan fingerprint density at radius 3 is 2.53 bits per heavy atom. The Balaban J connectivity index is 1.89. The number of nitrogens with zero attached hydrogens (tertiary/aromatic N) is 1. The van der Waals surface area contributed by atoms with Crippen molar-refractivity contribution in [1.29, 1.82) is 0 Å². The van der Waals surface area contributed by atoms with Crippen LogP contribution in [-0.4, -0.2) is 80.6 Å². The van der Waals surface area contributed by atoms with Gasteiger partial charge in [-0.2, -0.15) is 0 Å². The average molecular weight is 525 g/mol. The van der Waals surface area contributed by atoms with Gasteiger partial charge in [-0.05, 0) is 37.5 Å². The van der Waals surface area contributed by atoms with E-state index in [2.05, 4.69) is 16.0 Å². The van der Waals surface area contributed by atoms with Gasteiger partial charge >= 0.3 is 0 Å². The molecule has 10 nitrogen and oxygen atoms in total. The van der Waals surface area contributed by atoms with Crippen molar-refractivity contribution in [3.8, 4) is 5.75 Å². The molecule has 2 aromatic rings. The fourth-order valence-electron chi connectivity index (χ4n) is 4.19. The first-order chi connectivity index (χ1) is 18.3. The third kappa shape index (κ3) is 8.04. The zero-order valence-electron chi connectivity index (χ0n) is 22.1. The molecule has 10 heteroatoms. The minimum atomic E-state index is -1.15. The van der Waals surface area contributed by atoms with Crippen LogP contribution in [0.25, 0.3) is 0 Å². The molecule has 0 aliphatic carbocycles. The van der Waals surface area contributed by atoms with Crippen LogP contribution in [0.3, 0.4) is 0 Å². The highest BCUT2D eigenvalue weighted by atomic mass is 16.5. The second-order valence-corrected chi connectivity index (χ2v) is 9.26. The van der Waals surface area contributed by atoms with Gasteiger partial charge < -0.3 is 30.3 Å². The van der Waals surface area contributed by atoms with E-state index in [9.17, 15) is 19.2 Å². The first-order valence-electron chi connectivity index (χ1n) is 12.7. The molecule has 38 heavy (non-hydrogen) atoms. The predicted octanol–water partition coefficient (Wildman–Crippen LogP) is 1.29. The lowest BCUT2D eigenvalue weighted by Crippen LogP contribution is -2.53. The number of hydrogen-bond acceptors (Lipinski definition) is 6. The lowest BCUT2D eigenvalue weighted by atomic mass is 10.0. The van der Waals surface area contributed by atoms with E-state index in [1.807, 2.05) is 30.3 Å². The number of fused-ring (bicyclic) bond motifs is 1. The number of hydrogen-bond donors (Lipinski definition) is 3. The van der Waals surface area contributed by atoms with Crippen LogP contribution >= 0.6 is 0 Å². The van der Waals surface area contributed by atoms with Crippen molar-refractivity contribution in [1.82, 2.24) is 20.9 Å². The zero-order chi connectivity index (χ0) is 27.5. The molecule has 0 bridgehead atoms. The first kappa shape index (κ1) is 28.6. The van der Waals surface area contributed by atoms with Crippen molar-refractivity contribution in [3.05, 3.63) is 65.7 Å². The molecule has 204 valence electrons. The summed E-state index contributed by atoms with van der Waals surface area (Å²) in [5.41, 5.74) is 1.24. The predicted molar refractivity (Wildman–Crippen MR) is 142 cm³/mol. The van der Waals surface area contributed by atoms with Crippen molar-refractivity contribution >= 4 is 23.6 Å². The first-order valence-corrected chi connectivity index (χ1v) is 12.7. The summed E-state index contributed by atoms with van der Waals surface area (Å²) < 4.78 is 11.1. The van der Waals surface area contributed by atoms with Gasteiger partial charge in [-0.25, -0.2) is 0 Å². The number of rotatable bonds is 7. The zero-order valence-corrected chi connectivity index (χ0v) is 22.1. The van der Waals surface area contributed by atoms with Crippen molar-refractivity contribution in [2.24, 2.45) is 0 Å². The van der Waals surface area contributed by atoms with Crippen molar-refractivity contribution in [2.45, 2.75) is 44.3 Å². The van der Waals surface area contributed by atoms with E-state index in [0.29, 0.717) is 31.7 Å². The second-order valence-electron chi connectivity index (χ2n) is 9.26. The largest absolute Gasteiger partial charge is 0.491 e. The van der Waals surface area contributed by atoms with E-state index in [0.717, 1.165) is 5.56 Å². The Morgan fingerprint density at radius 2 is 1.79 bits per heavy atom. The number of methoxy groups -OCH3 is 1. The maximum absolute atomic E-state index is 13.3. The van der Waals surface area contributed by atoms with Gasteiger partial charge in [0.2, 0.25) is 17.7 Å². The maximum Gasteiger partial charge on any atom is 0.255 e. The van der Waals surface area contributed by atoms with Gasteiger partial charge in [0.15, 0.2) is 0 Å². The van der Waals surface area contributed by atoms with Crippen LogP contribution in [0.1, 0.15) is 35.7 Å². The highest BCUT2D eigenvalue weighted by molar-refractivity contribution is 6.01. The van der Waals surface area contributed by atoms with E-state index in [1.165, 1.54) is 0 Å². The molecule has 1 aliphatic rings. The molecule has 0 saturated carbocycles. The van der Waals surface area contributed by atoms with Gasteiger partial charge in [0.1, 0.15) is 24.4 Å². The second kappa shape index (κ2) is 14.1. The summed E-state index contributed by atoms with van der Waals surface area (Å²) in [4.78, 5) is 53.8. The Bertz CT molecular complexity index is 1110. The van der Waals surface area contributed by atoms with Gasteiger partial charge in [0, 0.05) is 27.3 Å². The maximum atomic E-state index is 13.3. The molecule has 3 rings (SSSR count). The lowest BCUT2D eigenvalue weighted by Gasteiger charge is -2.31. The van der Waals surface area contributed by atoms with Gasteiger partial charge in [-0.15, -0.1) is 0 Å². The number of benzene rings is 2. The fourth-order valence-corrected chi connectivity index (χ4v) is 4.19. The molecule has 3 N–H and O–H groups in total. The third-order valence-corrected chi connectivity index (χ3v) is 6.36. The Kier molecular flexibility index (Phi) is 10.7. The number of nitrogens with one attached hydrogen (secondary N) is 3. The summed E-state index contributed by atoms with van der Waals surface area (Å²) in [7, 11) is 3.23. The van der Waals surface area contributed by atoms with Crippen LogP contribution in [0.2, 0.25) is 0 Å². The number of likely N-dealkylation sites (N-methyl/N-ethyl adjacent to an activating group) is 1. The molecular formula is C28H36N4O6. The number of carbonyl (C=O) groups excluding carboxylic acids is 4. The molecule has 0 spiro atoms. The molecule has 2 aromatic carbocycles. The smallest absolute Gasteiger partial charge is 0.255 e. The van der Waals surface area contributed by atoms with Gasteiger partial charge in [0.25, 0.3) is 5.91 Å². The molecule has 1 aliphatic heterocycles. The summed E-state index contributed by atoms with van der Waals surface area (Å²) in [6.07, 6.45) is 0.761. The Labute approximate surface area is 223 Å². The van der Waals surface area contributed by atoms with Crippen molar-refractivity contribution < 1.29 is 28.7 Å². The molecule has 0 unspecified atom stereocenters. The molecule has 0 radical (unpaired) electrons. The molecule has 0 fully saturated rings. The fraction of sp³-hybridized carbons (Fsp3) is 0.429.